The monoisotopic (exact) mass is 462 g/mol. The van der Waals surface area contributed by atoms with E-state index in [4.69, 9.17) is 4.98 Å². The Morgan fingerprint density at radius 2 is 1.91 bits per heavy atom. The number of hydrogen-bond acceptors (Lipinski definition) is 4. The number of allylic oxidation sites excluding steroid dienone is 1. The average Bonchev–Trinajstić information content (AvgIpc) is 3.23. The Morgan fingerprint density at radius 3 is 2.59 bits per heavy atom. The molecule has 0 spiro atoms. The Hall–Kier alpha value is -2.99. The largest absolute Gasteiger partial charge is 0.383 e. The van der Waals surface area contributed by atoms with E-state index in [1.165, 1.54) is 11.6 Å². The predicted octanol–water partition coefficient (Wildman–Crippen LogP) is 5.75. The SMILES string of the molecule is CCN(CC)CCCNc1cc2nc3n(c(=O)c2cc1F)CC/C3=C/c1ccc(C(C)C)cc1. The predicted molar refractivity (Wildman–Crippen MR) is 140 cm³/mol. The highest BCUT2D eigenvalue weighted by Crippen LogP contribution is 2.29. The van der Waals surface area contributed by atoms with Crippen LogP contribution < -0.4 is 10.9 Å². The van der Waals surface area contributed by atoms with Crippen molar-refractivity contribution in [1.82, 2.24) is 14.5 Å². The van der Waals surface area contributed by atoms with Crippen LogP contribution >= 0.6 is 0 Å². The molecule has 2 heterocycles. The zero-order valence-electron chi connectivity index (χ0n) is 20.7. The third kappa shape index (κ3) is 5.07. The van der Waals surface area contributed by atoms with Crippen LogP contribution in [0.25, 0.3) is 22.6 Å². The number of nitrogens with one attached hydrogen (secondary N) is 1. The van der Waals surface area contributed by atoms with Gasteiger partial charge in [-0.25, -0.2) is 9.37 Å². The third-order valence-electron chi connectivity index (χ3n) is 6.74. The van der Waals surface area contributed by atoms with Crippen molar-refractivity contribution < 1.29 is 4.39 Å². The van der Waals surface area contributed by atoms with Gasteiger partial charge in [0, 0.05) is 13.1 Å². The first-order chi connectivity index (χ1) is 16.4. The van der Waals surface area contributed by atoms with Gasteiger partial charge in [0.25, 0.3) is 5.56 Å². The highest BCUT2D eigenvalue weighted by molar-refractivity contribution is 5.86. The minimum atomic E-state index is -0.409. The fourth-order valence-electron chi connectivity index (χ4n) is 4.55. The van der Waals surface area contributed by atoms with Crippen LogP contribution in [-0.2, 0) is 6.54 Å². The third-order valence-corrected chi connectivity index (χ3v) is 6.74. The molecular formula is C28H35FN4O. The number of aromatic nitrogens is 2. The molecule has 3 aromatic rings. The van der Waals surface area contributed by atoms with Crippen LogP contribution in [0.3, 0.4) is 0 Å². The van der Waals surface area contributed by atoms with Crippen LogP contribution in [0.5, 0.6) is 0 Å². The van der Waals surface area contributed by atoms with Gasteiger partial charge < -0.3 is 10.2 Å². The summed E-state index contributed by atoms with van der Waals surface area (Å²) in [6.07, 6.45) is 3.77. The van der Waals surface area contributed by atoms with Gasteiger partial charge in [-0.2, -0.15) is 0 Å². The summed E-state index contributed by atoms with van der Waals surface area (Å²) in [5.74, 6) is 0.763. The molecule has 1 aromatic heterocycles. The van der Waals surface area contributed by atoms with Gasteiger partial charge in [-0.1, -0.05) is 52.0 Å². The van der Waals surface area contributed by atoms with Crippen LogP contribution in [0.15, 0.2) is 41.2 Å². The van der Waals surface area contributed by atoms with Crippen molar-refractivity contribution in [2.75, 3.05) is 31.5 Å². The van der Waals surface area contributed by atoms with E-state index in [1.54, 1.807) is 10.6 Å². The van der Waals surface area contributed by atoms with Crippen molar-refractivity contribution in [2.45, 2.75) is 53.0 Å². The minimum Gasteiger partial charge on any atom is -0.383 e. The van der Waals surface area contributed by atoms with E-state index in [1.807, 2.05) is 0 Å². The molecule has 0 radical (unpaired) electrons. The first-order valence-corrected chi connectivity index (χ1v) is 12.4. The summed E-state index contributed by atoms with van der Waals surface area (Å²) in [5.41, 5.74) is 4.19. The molecule has 180 valence electrons. The molecule has 1 aliphatic rings. The van der Waals surface area contributed by atoms with Gasteiger partial charge in [0.1, 0.15) is 11.6 Å². The van der Waals surface area contributed by atoms with Gasteiger partial charge in [-0.05, 0) is 73.3 Å². The van der Waals surface area contributed by atoms with E-state index in [0.717, 1.165) is 43.6 Å². The smallest absolute Gasteiger partial charge is 0.261 e. The summed E-state index contributed by atoms with van der Waals surface area (Å²) in [6, 6.07) is 11.5. The molecule has 0 amide bonds. The summed E-state index contributed by atoms with van der Waals surface area (Å²) in [6.45, 7) is 12.9. The Morgan fingerprint density at radius 1 is 1.18 bits per heavy atom. The van der Waals surface area contributed by atoms with Crippen LogP contribution in [0.4, 0.5) is 10.1 Å². The molecule has 1 N–H and O–H groups in total. The molecule has 0 unspecified atom stereocenters. The Labute approximate surface area is 201 Å². The zero-order chi connectivity index (χ0) is 24.2. The highest BCUT2D eigenvalue weighted by atomic mass is 19.1. The lowest BCUT2D eigenvalue weighted by Gasteiger charge is -2.18. The molecule has 0 aliphatic carbocycles. The maximum atomic E-state index is 14.8. The number of nitrogens with zero attached hydrogens (tertiary/aromatic N) is 3. The van der Waals surface area contributed by atoms with Crippen molar-refractivity contribution in [3.8, 4) is 0 Å². The Bertz CT molecular complexity index is 1240. The van der Waals surface area contributed by atoms with E-state index >= 15 is 0 Å². The maximum absolute atomic E-state index is 14.8. The summed E-state index contributed by atoms with van der Waals surface area (Å²) in [7, 11) is 0. The average molecular weight is 463 g/mol. The lowest BCUT2D eigenvalue weighted by Crippen LogP contribution is -2.25. The summed E-state index contributed by atoms with van der Waals surface area (Å²) >= 11 is 0. The number of rotatable bonds is 9. The number of halogens is 1. The van der Waals surface area contributed by atoms with Gasteiger partial charge >= 0.3 is 0 Å². The van der Waals surface area contributed by atoms with Gasteiger partial charge in [0.15, 0.2) is 0 Å². The van der Waals surface area contributed by atoms with Crippen LogP contribution in [-0.4, -0.2) is 40.6 Å². The zero-order valence-corrected chi connectivity index (χ0v) is 20.7. The quantitative estimate of drug-likeness (QED) is 0.412. The van der Waals surface area contributed by atoms with Crippen LogP contribution in [0.2, 0.25) is 0 Å². The second kappa shape index (κ2) is 10.5. The van der Waals surface area contributed by atoms with Gasteiger partial charge in [0.05, 0.1) is 16.6 Å². The van der Waals surface area contributed by atoms with Crippen LogP contribution in [0.1, 0.15) is 63.4 Å². The lowest BCUT2D eigenvalue weighted by molar-refractivity contribution is 0.303. The molecule has 2 aromatic carbocycles. The second-order valence-electron chi connectivity index (χ2n) is 9.29. The van der Waals surface area contributed by atoms with E-state index in [0.29, 0.717) is 41.4 Å². The number of anilines is 1. The number of fused-ring (bicyclic) bond motifs is 2. The van der Waals surface area contributed by atoms with E-state index in [9.17, 15) is 9.18 Å². The first-order valence-electron chi connectivity index (χ1n) is 12.4. The molecule has 0 saturated carbocycles. The highest BCUT2D eigenvalue weighted by Gasteiger charge is 2.22. The molecule has 5 nitrogen and oxygen atoms in total. The number of hydrogen-bond donors (Lipinski definition) is 1. The Balaban J connectivity index is 1.60. The Kier molecular flexibility index (Phi) is 7.47. The van der Waals surface area contributed by atoms with E-state index in [-0.39, 0.29) is 5.56 Å². The van der Waals surface area contributed by atoms with Gasteiger partial charge in [-0.3, -0.25) is 9.36 Å². The molecule has 0 atom stereocenters. The fourth-order valence-corrected chi connectivity index (χ4v) is 4.55. The van der Waals surface area contributed by atoms with E-state index < -0.39 is 5.82 Å². The van der Waals surface area contributed by atoms with Crippen molar-refractivity contribution in [1.29, 1.82) is 0 Å². The van der Waals surface area contributed by atoms with Crippen molar-refractivity contribution in [2.24, 2.45) is 0 Å². The molecule has 6 heteroatoms. The molecule has 0 bridgehead atoms. The molecule has 4 rings (SSSR count). The lowest BCUT2D eigenvalue weighted by atomic mass is 10.0. The van der Waals surface area contributed by atoms with Crippen LogP contribution in [0, 0.1) is 5.82 Å². The minimum absolute atomic E-state index is 0.175. The molecule has 34 heavy (non-hydrogen) atoms. The fraction of sp³-hybridized carbons (Fsp3) is 0.429. The van der Waals surface area contributed by atoms with Gasteiger partial charge in [-0.15, -0.1) is 0 Å². The normalized spacial score (nSPS) is 14.5. The molecular weight excluding hydrogens is 427 g/mol. The molecule has 1 aliphatic heterocycles. The topological polar surface area (TPSA) is 50.2 Å². The van der Waals surface area contributed by atoms with Crippen molar-refractivity contribution in [3.63, 3.8) is 0 Å². The van der Waals surface area contributed by atoms with Crippen molar-refractivity contribution >= 4 is 28.2 Å². The second-order valence-corrected chi connectivity index (χ2v) is 9.29. The molecule has 0 saturated heterocycles. The van der Waals surface area contributed by atoms with E-state index in [2.05, 4.69) is 68.3 Å². The summed E-state index contributed by atoms with van der Waals surface area (Å²) < 4.78 is 16.4. The summed E-state index contributed by atoms with van der Waals surface area (Å²) in [5, 5.41) is 3.53. The standard InChI is InChI=1S/C28H35FN4O/c1-5-32(6-2)14-7-13-30-26-18-25-23(17-24(26)29)28(34)33-15-12-22(27(33)31-25)16-20-8-10-21(11-9-20)19(3)4/h8-11,16-19,30H,5-7,12-15H2,1-4H3/b22-16-. The van der Waals surface area contributed by atoms with Crippen molar-refractivity contribution in [3.05, 3.63) is 69.5 Å². The summed E-state index contributed by atoms with van der Waals surface area (Å²) in [4.78, 5) is 20.3. The maximum Gasteiger partial charge on any atom is 0.261 e. The van der Waals surface area contributed by atoms with Gasteiger partial charge in [0.2, 0.25) is 0 Å². The number of benzene rings is 2. The molecule has 0 fully saturated rings. The first kappa shape index (κ1) is 24.1.